The number of hydrogen-bond donors (Lipinski definition) is 1. The number of halogens is 3. The van der Waals surface area contributed by atoms with E-state index in [1.54, 1.807) is 19.2 Å². The maximum absolute atomic E-state index is 13.7. The van der Waals surface area contributed by atoms with E-state index in [9.17, 15) is 13.2 Å². The summed E-state index contributed by atoms with van der Waals surface area (Å²) in [4.78, 5) is 0. The van der Waals surface area contributed by atoms with Gasteiger partial charge in [0.05, 0.1) is 0 Å². The molecule has 20 heavy (non-hydrogen) atoms. The van der Waals surface area contributed by atoms with Crippen LogP contribution in [0.15, 0.2) is 36.4 Å². The van der Waals surface area contributed by atoms with Gasteiger partial charge in [-0.1, -0.05) is 12.1 Å². The molecule has 0 atom stereocenters. The Morgan fingerprint density at radius 1 is 1.00 bits per heavy atom. The average Bonchev–Trinajstić information content (AvgIpc) is 2.40. The minimum atomic E-state index is -0.712. The fourth-order valence-electron chi connectivity index (χ4n) is 1.83. The number of ether oxygens (including phenoxy) is 1. The number of benzene rings is 2. The predicted octanol–water partition coefficient (Wildman–Crippen LogP) is 3.40. The summed E-state index contributed by atoms with van der Waals surface area (Å²) in [6, 6.07) is 7.76. The molecule has 0 fully saturated rings. The lowest BCUT2D eigenvalue weighted by atomic mass is 10.2. The van der Waals surface area contributed by atoms with Crippen LogP contribution in [0, 0.1) is 17.5 Å². The maximum Gasteiger partial charge on any atom is 0.165 e. The molecule has 1 N–H and O–H groups in total. The molecule has 0 unspecified atom stereocenters. The van der Waals surface area contributed by atoms with Gasteiger partial charge in [0, 0.05) is 23.7 Å². The third-order valence-corrected chi connectivity index (χ3v) is 2.80. The standard InChI is InChI=1S/C15H14F3NO/c1-19-8-10-3-2-4-13(17)15(10)20-9-11-5-6-12(16)7-14(11)18/h2-7,19H,8-9H2,1H3. The van der Waals surface area contributed by atoms with Gasteiger partial charge in [-0.05, 0) is 25.2 Å². The van der Waals surface area contributed by atoms with Crippen LogP contribution in [0.1, 0.15) is 11.1 Å². The molecule has 0 aliphatic rings. The summed E-state index contributed by atoms with van der Waals surface area (Å²) in [5, 5.41) is 2.90. The van der Waals surface area contributed by atoms with Crippen LogP contribution >= 0.6 is 0 Å². The first kappa shape index (κ1) is 14.4. The van der Waals surface area contributed by atoms with Gasteiger partial charge >= 0.3 is 0 Å². The molecule has 0 radical (unpaired) electrons. The van der Waals surface area contributed by atoms with Gasteiger partial charge in [0.2, 0.25) is 0 Å². The minimum Gasteiger partial charge on any atom is -0.485 e. The monoisotopic (exact) mass is 281 g/mol. The highest BCUT2D eigenvalue weighted by molar-refractivity contribution is 5.35. The molecule has 0 heterocycles. The quantitative estimate of drug-likeness (QED) is 0.907. The molecule has 0 saturated heterocycles. The first-order valence-corrected chi connectivity index (χ1v) is 6.10. The maximum atomic E-state index is 13.7. The SMILES string of the molecule is CNCc1cccc(F)c1OCc1ccc(F)cc1F. The van der Waals surface area contributed by atoms with Crippen LogP contribution in [0.3, 0.4) is 0 Å². The van der Waals surface area contributed by atoms with E-state index in [0.717, 1.165) is 12.1 Å². The Labute approximate surface area is 115 Å². The van der Waals surface area contributed by atoms with E-state index in [1.807, 2.05) is 0 Å². The number of nitrogens with one attached hydrogen (secondary N) is 1. The molecule has 5 heteroatoms. The molecule has 0 saturated carbocycles. The van der Waals surface area contributed by atoms with Crippen molar-refractivity contribution in [2.75, 3.05) is 7.05 Å². The lowest BCUT2D eigenvalue weighted by Gasteiger charge is -2.12. The zero-order chi connectivity index (χ0) is 14.5. The molecule has 0 aromatic heterocycles. The highest BCUT2D eigenvalue weighted by atomic mass is 19.1. The van der Waals surface area contributed by atoms with Crippen LogP contribution in [-0.2, 0) is 13.2 Å². The minimum absolute atomic E-state index is 0.0746. The lowest BCUT2D eigenvalue weighted by molar-refractivity contribution is 0.280. The Morgan fingerprint density at radius 3 is 2.50 bits per heavy atom. The molecule has 2 aromatic carbocycles. The van der Waals surface area contributed by atoms with Crippen molar-refractivity contribution in [2.24, 2.45) is 0 Å². The molecule has 106 valence electrons. The summed E-state index contributed by atoms with van der Waals surface area (Å²) in [7, 11) is 1.73. The van der Waals surface area contributed by atoms with Gasteiger partial charge in [-0.3, -0.25) is 0 Å². The van der Waals surface area contributed by atoms with E-state index in [2.05, 4.69) is 5.32 Å². The molecule has 2 aromatic rings. The van der Waals surface area contributed by atoms with E-state index in [1.165, 1.54) is 12.1 Å². The third kappa shape index (κ3) is 3.30. The van der Waals surface area contributed by atoms with Gasteiger partial charge in [0.15, 0.2) is 11.6 Å². The summed E-state index contributed by atoms with van der Waals surface area (Å²) in [5.41, 5.74) is 0.806. The Kier molecular flexibility index (Phi) is 4.63. The topological polar surface area (TPSA) is 21.3 Å². The van der Waals surface area contributed by atoms with Crippen molar-refractivity contribution < 1.29 is 17.9 Å². The van der Waals surface area contributed by atoms with Crippen molar-refractivity contribution in [3.63, 3.8) is 0 Å². The van der Waals surface area contributed by atoms with Gasteiger partial charge in [0.1, 0.15) is 18.2 Å². The molecular formula is C15H14F3NO. The molecule has 0 aliphatic heterocycles. The molecule has 0 spiro atoms. The molecule has 2 rings (SSSR count). The highest BCUT2D eigenvalue weighted by Crippen LogP contribution is 2.24. The normalized spacial score (nSPS) is 10.6. The number of hydrogen-bond acceptors (Lipinski definition) is 2. The largest absolute Gasteiger partial charge is 0.485 e. The van der Waals surface area contributed by atoms with Gasteiger partial charge in [-0.2, -0.15) is 0 Å². The van der Waals surface area contributed by atoms with E-state index in [-0.39, 0.29) is 17.9 Å². The van der Waals surface area contributed by atoms with E-state index in [0.29, 0.717) is 12.1 Å². The first-order valence-electron chi connectivity index (χ1n) is 6.10. The van der Waals surface area contributed by atoms with Gasteiger partial charge in [-0.25, -0.2) is 13.2 Å². The molecular weight excluding hydrogens is 267 g/mol. The smallest absolute Gasteiger partial charge is 0.165 e. The summed E-state index contributed by atoms with van der Waals surface area (Å²) in [5.74, 6) is -1.81. The number of rotatable bonds is 5. The van der Waals surface area contributed by atoms with Crippen LogP contribution < -0.4 is 10.1 Å². The van der Waals surface area contributed by atoms with E-state index >= 15 is 0 Å². The van der Waals surface area contributed by atoms with Crippen molar-refractivity contribution in [3.8, 4) is 5.75 Å². The van der Waals surface area contributed by atoms with Gasteiger partial charge in [0.25, 0.3) is 0 Å². The van der Waals surface area contributed by atoms with Crippen LogP contribution in [0.5, 0.6) is 5.75 Å². The van der Waals surface area contributed by atoms with Crippen molar-refractivity contribution in [3.05, 3.63) is 65.0 Å². The van der Waals surface area contributed by atoms with Gasteiger partial charge in [-0.15, -0.1) is 0 Å². The van der Waals surface area contributed by atoms with Crippen LogP contribution in [0.25, 0.3) is 0 Å². The van der Waals surface area contributed by atoms with Gasteiger partial charge < -0.3 is 10.1 Å². The Hall–Kier alpha value is -2.01. The molecule has 0 aliphatic carbocycles. The highest BCUT2D eigenvalue weighted by Gasteiger charge is 2.11. The second-order valence-electron chi connectivity index (χ2n) is 4.28. The van der Waals surface area contributed by atoms with Crippen molar-refractivity contribution in [2.45, 2.75) is 13.2 Å². The number of para-hydroxylation sites is 1. The summed E-state index contributed by atoms with van der Waals surface area (Å²) < 4.78 is 45.4. The molecule has 0 amide bonds. The van der Waals surface area contributed by atoms with Crippen molar-refractivity contribution in [1.29, 1.82) is 0 Å². The molecule has 0 bridgehead atoms. The second kappa shape index (κ2) is 6.43. The summed E-state index contributed by atoms with van der Waals surface area (Å²) in [6.07, 6.45) is 0. The van der Waals surface area contributed by atoms with Crippen molar-refractivity contribution >= 4 is 0 Å². The fraction of sp³-hybridized carbons (Fsp3) is 0.200. The van der Waals surface area contributed by atoms with E-state index in [4.69, 9.17) is 4.74 Å². The Bertz CT molecular complexity index is 602. The lowest BCUT2D eigenvalue weighted by Crippen LogP contribution is -2.09. The summed E-state index contributed by atoms with van der Waals surface area (Å²) in [6.45, 7) is 0.267. The predicted molar refractivity (Wildman–Crippen MR) is 69.9 cm³/mol. The fourth-order valence-corrected chi connectivity index (χ4v) is 1.83. The Balaban J connectivity index is 2.18. The zero-order valence-corrected chi connectivity index (χ0v) is 10.9. The average molecular weight is 281 g/mol. The zero-order valence-electron chi connectivity index (χ0n) is 10.9. The second-order valence-corrected chi connectivity index (χ2v) is 4.28. The third-order valence-electron chi connectivity index (χ3n) is 2.80. The van der Waals surface area contributed by atoms with Crippen molar-refractivity contribution in [1.82, 2.24) is 5.32 Å². The van der Waals surface area contributed by atoms with Crippen LogP contribution in [0.2, 0.25) is 0 Å². The van der Waals surface area contributed by atoms with Crippen LogP contribution in [0.4, 0.5) is 13.2 Å². The Morgan fingerprint density at radius 2 is 1.80 bits per heavy atom. The summed E-state index contributed by atoms with van der Waals surface area (Å²) >= 11 is 0. The van der Waals surface area contributed by atoms with Crippen LogP contribution in [-0.4, -0.2) is 7.05 Å². The van der Waals surface area contributed by atoms with E-state index < -0.39 is 17.5 Å². The molecule has 2 nitrogen and oxygen atoms in total. The first-order chi connectivity index (χ1) is 9.61.